The molecule has 0 aliphatic carbocycles. The highest BCUT2D eigenvalue weighted by Crippen LogP contribution is 2.35. The molecule has 0 unspecified atom stereocenters. The van der Waals surface area contributed by atoms with E-state index in [2.05, 4.69) is 10.6 Å². The third-order valence-electron chi connectivity index (χ3n) is 5.62. The molecule has 8 nitrogen and oxygen atoms in total. The second kappa shape index (κ2) is 9.13. The van der Waals surface area contributed by atoms with Gasteiger partial charge in [0.15, 0.2) is 6.61 Å². The quantitative estimate of drug-likeness (QED) is 0.644. The van der Waals surface area contributed by atoms with Crippen molar-refractivity contribution >= 4 is 45.0 Å². The smallest absolute Gasteiger partial charge is 0.262 e. The zero-order valence-electron chi connectivity index (χ0n) is 17.9. The summed E-state index contributed by atoms with van der Waals surface area (Å²) in [5.74, 6) is -0.574. The van der Waals surface area contributed by atoms with E-state index in [1.54, 1.807) is 24.8 Å². The minimum Gasteiger partial charge on any atom is -0.482 e. The first-order valence-electron chi connectivity index (χ1n) is 10.3. The van der Waals surface area contributed by atoms with Crippen LogP contribution in [0.3, 0.4) is 0 Å². The summed E-state index contributed by atoms with van der Waals surface area (Å²) in [4.78, 5) is 25.6. The number of aryl methyl sites for hydroxylation is 1. The molecule has 0 bridgehead atoms. The van der Waals surface area contributed by atoms with Crippen molar-refractivity contribution in [3.05, 3.63) is 42.0 Å². The molecular weight excluding hydrogens is 450 g/mol. The van der Waals surface area contributed by atoms with E-state index in [-0.39, 0.29) is 29.9 Å². The fourth-order valence-electron chi connectivity index (χ4n) is 3.95. The molecule has 2 aliphatic heterocycles. The van der Waals surface area contributed by atoms with Crippen LogP contribution in [0.4, 0.5) is 11.4 Å². The van der Waals surface area contributed by atoms with E-state index in [0.29, 0.717) is 42.1 Å². The predicted octanol–water partition coefficient (Wildman–Crippen LogP) is 3.09. The Morgan fingerprint density at radius 2 is 2.09 bits per heavy atom. The summed E-state index contributed by atoms with van der Waals surface area (Å²) in [6.45, 7) is 1.99. The molecule has 32 heavy (non-hydrogen) atoms. The third kappa shape index (κ3) is 4.62. The van der Waals surface area contributed by atoms with Crippen LogP contribution in [0.5, 0.6) is 5.75 Å². The van der Waals surface area contributed by atoms with Gasteiger partial charge < -0.3 is 15.4 Å². The van der Waals surface area contributed by atoms with Crippen molar-refractivity contribution in [2.75, 3.05) is 36.6 Å². The Bertz CT molecular complexity index is 1170. The van der Waals surface area contributed by atoms with E-state index < -0.39 is 15.9 Å². The Kier molecular flexibility index (Phi) is 6.45. The second-order valence-corrected chi connectivity index (χ2v) is 10.7. The topological polar surface area (TPSA) is 105 Å². The number of benzene rings is 2. The van der Waals surface area contributed by atoms with Gasteiger partial charge in [0.2, 0.25) is 15.9 Å². The number of rotatable bonds is 5. The highest BCUT2D eigenvalue weighted by molar-refractivity contribution is 7.98. The molecule has 1 saturated heterocycles. The second-order valence-electron chi connectivity index (χ2n) is 7.87. The maximum absolute atomic E-state index is 13.4. The Morgan fingerprint density at radius 1 is 1.28 bits per heavy atom. The number of nitrogens with zero attached hydrogens (tertiary/aromatic N) is 1. The predicted molar refractivity (Wildman–Crippen MR) is 124 cm³/mol. The molecule has 1 fully saturated rings. The number of thioether (sulfide) groups is 1. The number of sulfonamides is 1. The van der Waals surface area contributed by atoms with Crippen molar-refractivity contribution < 1.29 is 22.7 Å². The number of anilines is 2. The van der Waals surface area contributed by atoms with Crippen LogP contribution in [-0.2, 0) is 19.6 Å². The summed E-state index contributed by atoms with van der Waals surface area (Å²) in [5, 5.41) is 5.61. The lowest BCUT2D eigenvalue weighted by Gasteiger charge is -2.32. The molecule has 2 aromatic rings. The van der Waals surface area contributed by atoms with Gasteiger partial charge >= 0.3 is 0 Å². The first-order chi connectivity index (χ1) is 15.3. The lowest BCUT2D eigenvalue weighted by atomic mass is 9.99. The van der Waals surface area contributed by atoms with Gasteiger partial charge in [0, 0.05) is 29.7 Å². The minimum atomic E-state index is -3.83. The summed E-state index contributed by atoms with van der Waals surface area (Å²) in [7, 11) is -3.83. The molecule has 2 N–H and O–H groups in total. The molecule has 0 radical (unpaired) electrons. The normalized spacial score (nSPS) is 18.9. The van der Waals surface area contributed by atoms with Gasteiger partial charge in [-0.25, -0.2) is 8.42 Å². The van der Waals surface area contributed by atoms with Crippen LogP contribution in [0.1, 0.15) is 18.4 Å². The van der Waals surface area contributed by atoms with Gasteiger partial charge in [-0.1, -0.05) is 6.07 Å². The van der Waals surface area contributed by atoms with Gasteiger partial charge in [-0.2, -0.15) is 4.31 Å². The molecule has 10 heteroatoms. The summed E-state index contributed by atoms with van der Waals surface area (Å²) in [5.41, 5.74) is 1.67. The van der Waals surface area contributed by atoms with Gasteiger partial charge in [-0.3, -0.25) is 9.59 Å². The molecule has 0 spiro atoms. The van der Waals surface area contributed by atoms with Gasteiger partial charge in [0.05, 0.1) is 16.5 Å². The Labute approximate surface area is 191 Å². The average Bonchev–Trinajstić information content (AvgIpc) is 2.78. The molecular formula is C22H25N3O5S2. The monoisotopic (exact) mass is 475 g/mol. The van der Waals surface area contributed by atoms with E-state index in [4.69, 9.17) is 4.74 Å². The van der Waals surface area contributed by atoms with Crippen molar-refractivity contribution in [3.8, 4) is 5.75 Å². The number of carbonyl (C=O) groups excluding carboxylic acids is 2. The standard InChI is InChI=1S/C22H25N3O5S2/c1-14-9-18-19(30-13-21(26)24-18)11-20(14)32(28,29)25-8-4-5-15(12-25)22(27)23-16-6-3-7-17(10-16)31-2/h3,6-7,9-11,15H,4-5,8,12-13H2,1-2H3,(H,23,27)(H,24,26)/t15-/m1/s1. The van der Waals surface area contributed by atoms with Gasteiger partial charge in [0.1, 0.15) is 5.75 Å². The number of fused-ring (bicyclic) bond motifs is 1. The van der Waals surface area contributed by atoms with E-state index in [0.717, 1.165) is 4.90 Å². The van der Waals surface area contributed by atoms with Crippen molar-refractivity contribution in [2.24, 2.45) is 5.92 Å². The van der Waals surface area contributed by atoms with Gasteiger partial charge in [-0.15, -0.1) is 11.8 Å². The van der Waals surface area contributed by atoms with Crippen LogP contribution >= 0.6 is 11.8 Å². The minimum absolute atomic E-state index is 0.116. The van der Waals surface area contributed by atoms with E-state index in [9.17, 15) is 18.0 Å². The number of piperidine rings is 1. The average molecular weight is 476 g/mol. The van der Waals surface area contributed by atoms with Crippen LogP contribution in [0.25, 0.3) is 0 Å². The molecule has 2 amide bonds. The van der Waals surface area contributed by atoms with Gasteiger partial charge in [-0.05, 0) is 55.9 Å². The molecule has 0 saturated carbocycles. The molecule has 1 atom stereocenters. The molecule has 2 aliphatic rings. The first-order valence-corrected chi connectivity index (χ1v) is 13.0. The number of nitrogens with one attached hydrogen (secondary N) is 2. The van der Waals surface area contributed by atoms with Crippen LogP contribution in [-0.4, -0.2) is 50.5 Å². The van der Waals surface area contributed by atoms with Crippen molar-refractivity contribution in [1.82, 2.24) is 4.31 Å². The van der Waals surface area contributed by atoms with Crippen LogP contribution in [0.2, 0.25) is 0 Å². The molecule has 2 heterocycles. The van der Waals surface area contributed by atoms with Crippen molar-refractivity contribution in [2.45, 2.75) is 29.6 Å². The lowest BCUT2D eigenvalue weighted by molar-refractivity contribution is -0.121. The van der Waals surface area contributed by atoms with Crippen LogP contribution < -0.4 is 15.4 Å². The van der Waals surface area contributed by atoms with E-state index in [1.807, 2.05) is 30.5 Å². The van der Waals surface area contributed by atoms with Crippen molar-refractivity contribution in [1.29, 1.82) is 0 Å². The van der Waals surface area contributed by atoms with E-state index in [1.165, 1.54) is 10.4 Å². The lowest BCUT2D eigenvalue weighted by Crippen LogP contribution is -2.43. The highest BCUT2D eigenvalue weighted by Gasteiger charge is 2.35. The zero-order chi connectivity index (χ0) is 22.9. The van der Waals surface area contributed by atoms with Gasteiger partial charge in [0.25, 0.3) is 5.91 Å². The zero-order valence-corrected chi connectivity index (χ0v) is 19.5. The number of amides is 2. The molecule has 4 rings (SSSR count). The van der Waals surface area contributed by atoms with Crippen LogP contribution in [0, 0.1) is 12.8 Å². The highest BCUT2D eigenvalue weighted by atomic mass is 32.2. The SMILES string of the molecule is CSc1cccc(NC(=O)[C@@H]2CCCN(S(=O)(=O)c3cc4c(cc3C)NC(=O)CO4)C2)c1. The number of carbonyl (C=O) groups is 2. The number of hydrogen-bond acceptors (Lipinski definition) is 6. The molecule has 2 aromatic carbocycles. The van der Waals surface area contributed by atoms with Crippen LogP contribution in [0.15, 0.2) is 46.2 Å². The fourth-order valence-corrected chi connectivity index (χ4v) is 6.16. The Morgan fingerprint density at radius 3 is 2.88 bits per heavy atom. The fraction of sp³-hybridized carbons (Fsp3) is 0.364. The summed E-state index contributed by atoms with van der Waals surface area (Å²) in [6, 6.07) is 10.6. The maximum Gasteiger partial charge on any atom is 0.262 e. The van der Waals surface area contributed by atoms with Crippen molar-refractivity contribution in [3.63, 3.8) is 0 Å². The Balaban J connectivity index is 1.52. The summed E-state index contributed by atoms with van der Waals surface area (Å²) in [6.07, 6.45) is 3.18. The van der Waals surface area contributed by atoms with E-state index >= 15 is 0 Å². The summed E-state index contributed by atoms with van der Waals surface area (Å²) >= 11 is 1.59. The molecule has 170 valence electrons. The maximum atomic E-state index is 13.4. The molecule has 0 aromatic heterocycles. The Hall–Kier alpha value is -2.56. The summed E-state index contributed by atoms with van der Waals surface area (Å²) < 4.78 is 33.6. The third-order valence-corrected chi connectivity index (χ3v) is 8.35. The largest absolute Gasteiger partial charge is 0.482 e. The number of hydrogen-bond donors (Lipinski definition) is 2. The number of ether oxygens (including phenoxy) is 1. The first kappa shape index (κ1) is 22.6.